The lowest BCUT2D eigenvalue weighted by molar-refractivity contribution is 0.382. The molecule has 0 spiro atoms. The Hall–Kier alpha value is -1.58. The van der Waals surface area contributed by atoms with Gasteiger partial charge in [0.1, 0.15) is 5.82 Å². The van der Waals surface area contributed by atoms with E-state index < -0.39 is 0 Å². The van der Waals surface area contributed by atoms with Crippen molar-refractivity contribution in [2.45, 2.75) is 26.8 Å². The highest BCUT2D eigenvalue weighted by Crippen LogP contribution is 2.21. The summed E-state index contributed by atoms with van der Waals surface area (Å²) in [6, 6.07) is 6.60. The second-order valence-electron chi connectivity index (χ2n) is 4.90. The molecule has 0 radical (unpaired) electrons. The lowest BCUT2D eigenvalue weighted by atomic mass is 10.1. The molecule has 0 aliphatic heterocycles. The Morgan fingerprint density at radius 3 is 2.50 bits per heavy atom. The van der Waals surface area contributed by atoms with E-state index in [9.17, 15) is 4.39 Å². The molecule has 1 rings (SSSR count). The van der Waals surface area contributed by atoms with Crippen LogP contribution < -0.4 is 5.73 Å². The molecule has 1 aromatic carbocycles. The van der Waals surface area contributed by atoms with Crippen molar-refractivity contribution < 1.29 is 4.39 Å². The van der Waals surface area contributed by atoms with E-state index in [4.69, 9.17) is 5.73 Å². The van der Waals surface area contributed by atoms with Crippen LogP contribution in [0.1, 0.15) is 32.4 Å². The maximum atomic E-state index is 13.7. The van der Waals surface area contributed by atoms with Gasteiger partial charge in [0.05, 0.1) is 6.04 Å². The van der Waals surface area contributed by atoms with Gasteiger partial charge in [-0.2, -0.15) is 0 Å². The fourth-order valence-corrected chi connectivity index (χ4v) is 1.61. The fourth-order valence-electron chi connectivity index (χ4n) is 1.61. The van der Waals surface area contributed by atoms with Crippen LogP contribution in [-0.2, 0) is 0 Å². The summed E-state index contributed by atoms with van der Waals surface area (Å²) in [5.74, 6) is 0.689. The van der Waals surface area contributed by atoms with E-state index in [1.54, 1.807) is 17.0 Å². The van der Waals surface area contributed by atoms with Crippen LogP contribution in [0, 0.1) is 11.7 Å². The van der Waals surface area contributed by atoms with E-state index in [-0.39, 0.29) is 11.9 Å². The van der Waals surface area contributed by atoms with Crippen molar-refractivity contribution >= 4 is 5.96 Å². The molecule has 0 aliphatic carbocycles. The van der Waals surface area contributed by atoms with Crippen LogP contribution in [0.3, 0.4) is 0 Å². The Morgan fingerprint density at radius 1 is 1.33 bits per heavy atom. The van der Waals surface area contributed by atoms with Crippen LogP contribution in [0.15, 0.2) is 29.3 Å². The van der Waals surface area contributed by atoms with Gasteiger partial charge in [0, 0.05) is 19.2 Å². The molecular weight excluding hydrogens is 229 g/mol. The van der Waals surface area contributed by atoms with Crippen LogP contribution >= 0.6 is 0 Å². The zero-order valence-electron chi connectivity index (χ0n) is 11.5. The van der Waals surface area contributed by atoms with Crippen LogP contribution in [0.2, 0.25) is 0 Å². The van der Waals surface area contributed by atoms with Crippen molar-refractivity contribution in [2.24, 2.45) is 16.6 Å². The van der Waals surface area contributed by atoms with E-state index in [0.717, 1.165) is 0 Å². The summed E-state index contributed by atoms with van der Waals surface area (Å²) in [6.45, 7) is 6.75. The minimum Gasteiger partial charge on any atom is -0.370 e. The number of rotatable bonds is 4. The summed E-state index contributed by atoms with van der Waals surface area (Å²) in [6.07, 6.45) is 0. The Kier molecular flexibility index (Phi) is 5.13. The topological polar surface area (TPSA) is 41.6 Å². The summed E-state index contributed by atoms with van der Waals surface area (Å²) in [4.78, 5) is 6.09. The van der Waals surface area contributed by atoms with E-state index in [0.29, 0.717) is 24.0 Å². The Morgan fingerprint density at radius 2 is 1.94 bits per heavy atom. The third kappa shape index (κ3) is 3.72. The van der Waals surface area contributed by atoms with Gasteiger partial charge in [-0.3, -0.25) is 4.99 Å². The van der Waals surface area contributed by atoms with Crippen molar-refractivity contribution in [1.82, 2.24) is 4.90 Å². The van der Waals surface area contributed by atoms with Crippen molar-refractivity contribution in [3.05, 3.63) is 35.6 Å². The average molecular weight is 251 g/mol. The van der Waals surface area contributed by atoms with Gasteiger partial charge in [-0.15, -0.1) is 0 Å². The molecular formula is C14H22FN3. The second-order valence-corrected chi connectivity index (χ2v) is 4.90. The minimum atomic E-state index is -0.214. The highest BCUT2D eigenvalue weighted by atomic mass is 19.1. The van der Waals surface area contributed by atoms with Gasteiger partial charge in [-0.1, -0.05) is 32.0 Å². The van der Waals surface area contributed by atoms with Gasteiger partial charge in [0.2, 0.25) is 0 Å². The molecule has 1 aromatic rings. The predicted molar refractivity (Wildman–Crippen MR) is 73.9 cm³/mol. The number of aliphatic imine (C=N–C) groups is 1. The van der Waals surface area contributed by atoms with Crippen molar-refractivity contribution in [1.29, 1.82) is 0 Å². The molecule has 4 heteroatoms. The third-order valence-electron chi connectivity index (χ3n) is 2.92. The Bertz CT molecular complexity index is 415. The molecule has 2 N–H and O–H groups in total. The van der Waals surface area contributed by atoms with Gasteiger partial charge in [-0.05, 0) is 18.9 Å². The molecule has 1 atom stereocenters. The molecule has 0 amide bonds. The molecule has 100 valence electrons. The van der Waals surface area contributed by atoms with E-state index in [1.807, 2.05) is 20.0 Å². The summed E-state index contributed by atoms with van der Waals surface area (Å²) >= 11 is 0. The van der Waals surface area contributed by atoms with Gasteiger partial charge >= 0.3 is 0 Å². The number of halogens is 1. The first-order chi connectivity index (χ1) is 8.43. The predicted octanol–water partition coefficient (Wildman–Crippen LogP) is 2.79. The minimum absolute atomic E-state index is 0.137. The van der Waals surface area contributed by atoms with Gasteiger partial charge in [0.15, 0.2) is 5.96 Å². The van der Waals surface area contributed by atoms with Crippen LogP contribution in [0.4, 0.5) is 4.39 Å². The lowest BCUT2D eigenvalue weighted by Crippen LogP contribution is -2.36. The van der Waals surface area contributed by atoms with E-state index in [1.165, 1.54) is 6.07 Å². The van der Waals surface area contributed by atoms with Crippen molar-refractivity contribution in [3.63, 3.8) is 0 Å². The highest BCUT2D eigenvalue weighted by Gasteiger charge is 2.16. The number of nitrogens with zero attached hydrogens (tertiary/aromatic N) is 2. The largest absolute Gasteiger partial charge is 0.370 e. The maximum absolute atomic E-state index is 13.7. The van der Waals surface area contributed by atoms with Gasteiger partial charge in [0.25, 0.3) is 0 Å². The first-order valence-electron chi connectivity index (χ1n) is 6.20. The molecule has 3 nitrogen and oxygen atoms in total. The second kappa shape index (κ2) is 6.38. The number of guanidine groups is 1. The number of hydrogen-bond donors (Lipinski definition) is 1. The maximum Gasteiger partial charge on any atom is 0.191 e. The third-order valence-corrected chi connectivity index (χ3v) is 2.92. The standard InChI is InChI=1S/C14H22FN3/c1-10(2)9-17-14(16)18(4)11(3)12-7-5-6-8-13(12)15/h5-8,10-11H,9H2,1-4H3,(H2,16,17). The van der Waals surface area contributed by atoms with Crippen LogP contribution in [0.25, 0.3) is 0 Å². The SMILES string of the molecule is CC(C)CN=C(N)N(C)C(C)c1ccccc1F. The molecule has 0 aromatic heterocycles. The molecule has 0 saturated heterocycles. The first kappa shape index (κ1) is 14.5. The summed E-state index contributed by atoms with van der Waals surface area (Å²) < 4.78 is 13.7. The fraction of sp³-hybridized carbons (Fsp3) is 0.500. The summed E-state index contributed by atoms with van der Waals surface area (Å²) in [5.41, 5.74) is 6.53. The average Bonchev–Trinajstić information content (AvgIpc) is 2.34. The monoisotopic (exact) mass is 251 g/mol. The number of benzene rings is 1. The van der Waals surface area contributed by atoms with E-state index >= 15 is 0 Å². The van der Waals surface area contributed by atoms with Gasteiger partial charge in [-0.25, -0.2) is 4.39 Å². The smallest absolute Gasteiger partial charge is 0.191 e. The molecule has 0 bridgehead atoms. The normalized spacial score (nSPS) is 13.8. The quantitative estimate of drug-likeness (QED) is 0.660. The highest BCUT2D eigenvalue weighted by molar-refractivity contribution is 5.78. The molecule has 0 heterocycles. The number of nitrogens with two attached hydrogens (primary N) is 1. The number of hydrogen-bond acceptors (Lipinski definition) is 1. The molecule has 0 fully saturated rings. The Labute approximate surface area is 109 Å². The van der Waals surface area contributed by atoms with Crippen molar-refractivity contribution in [3.8, 4) is 0 Å². The summed E-state index contributed by atoms with van der Waals surface area (Å²) in [7, 11) is 1.83. The molecule has 0 aliphatic rings. The molecule has 1 unspecified atom stereocenters. The molecule has 0 saturated carbocycles. The zero-order valence-corrected chi connectivity index (χ0v) is 11.5. The van der Waals surface area contributed by atoms with E-state index in [2.05, 4.69) is 18.8 Å². The summed E-state index contributed by atoms with van der Waals surface area (Å²) in [5, 5.41) is 0. The van der Waals surface area contributed by atoms with Crippen LogP contribution in [-0.4, -0.2) is 24.5 Å². The van der Waals surface area contributed by atoms with Gasteiger partial charge < -0.3 is 10.6 Å². The lowest BCUT2D eigenvalue weighted by Gasteiger charge is -2.26. The van der Waals surface area contributed by atoms with Crippen molar-refractivity contribution in [2.75, 3.05) is 13.6 Å². The molecule has 18 heavy (non-hydrogen) atoms. The van der Waals surface area contributed by atoms with Crippen LogP contribution in [0.5, 0.6) is 0 Å². The first-order valence-corrected chi connectivity index (χ1v) is 6.20. The Balaban J connectivity index is 2.81. The zero-order chi connectivity index (χ0) is 13.7.